The molecule has 0 aromatic carbocycles. The lowest BCUT2D eigenvalue weighted by Crippen LogP contribution is -2.34. The molecule has 14 heteroatoms. The summed E-state index contributed by atoms with van der Waals surface area (Å²) in [7, 11) is 1.38. The Bertz CT molecular complexity index is 979. The average molecular weight is 439 g/mol. The second kappa shape index (κ2) is 9.69. The highest BCUT2D eigenvalue weighted by atomic mass is 17.0. The van der Waals surface area contributed by atoms with Crippen LogP contribution in [-0.2, 0) is 30.9 Å². The zero-order valence-corrected chi connectivity index (χ0v) is 17.2. The topological polar surface area (TPSA) is 178 Å². The summed E-state index contributed by atoms with van der Waals surface area (Å²) in [6.07, 6.45) is 1.01. The van der Waals surface area contributed by atoms with Crippen molar-refractivity contribution >= 4 is 17.8 Å². The lowest BCUT2D eigenvalue weighted by Gasteiger charge is -2.28. The van der Waals surface area contributed by atoms with Gasteiger partial charge in [-0.2, -0.15) is 0 Å². The van der Waals surface area contributed by atoms with Crippen LogP contribution in [0.25, 0.3) is 0 Å². The number of ether oxygens (including phenoxy) is 2. The van der Waals surface area contributed by atoms with Crippen molar-refractivity contribution in [1.29, 1.82) is 0 Å². The van der Waals surface area contributed by atoms with Gasteiger partial charge in [0.2, 0.25) is 5.82 Å². The summed E-state index contributed by atoms with van der Waals surface area (Å²) in [5, 5.41) is 23.4. The van der Waals surface area contributed by atoms with Crippen LogP contribution in [0.3, 0.4) is 0 Å². The van der Waals surface area contributed by atoms with E-state index in [1.807, 2.05) is 0 Å². The predicted molar refractivity (Wildman–Crippen MR) is 102 cm³/mol. The number of aromatic nitrogens is 2. The number of allylic oxidation sites excluding steroid dienone is 2. The molecule has 1 aliphatic heterocycles. The Labute approximate surface area is 175 Å². The van der Waals surface area contributed by atoms with Crippen molar-refractivity contribution in [1.82, 2.24) is 14.9 Å². The molecule has 0 fully saturated rings. The SMILES string of the molecule is CCOC(=O)C1=C(C)NC(C)=C(C(=O)OCCO[N+](=O)[O-])C1c1ncc([N+](=O)[O-])n1C. The Morgan fingerprint density at radius 1 is 1.13 bits per heavy atom. The van der Waals surface area contributed by atoms with Crippen LogP contribution < -0.4 is 5.32 Å². The van der Waals surface area contributed by atoms with Gasteiger partial charge < -0.3 is 29.7 Å². The van der Waals surface area contributed by atoms with Gasteiger partial charge in [0.1, 0.15) is 25.3 Å². The van der Waals surface area contributed by atoms with E-state index < -0.39 is 41.1 Å². The van der Waals surface area contributed by atoms with Gasteiger partial charge in [0.25, 0.3) is 5.09 Å². The van der Waals surface area contributed by atoms with Crippen molar-refractivity contribution in [2.24, 2.45) is 7.05 Å². The molecule has 1 aromatic heterocycles. The highest BCUT2D eigenvalue weighted by Gasteiger charge is 2.42. The number of imidazole rings is 1. The van der Waals surface area contributed by atoms with Crippen LogP contribution in [-0.4, -0.2) is 51.3 Å². The van der Waals surface area contributed by atoms with Gasteiger partial charge >= 0.3 is 17.8 Å². The molecular weight excluding hydrogens is 418 g/mol. The molecule has 1 aromatic rings. The number of nitro groups is 1. The molecule has 0 bridgehead atoms. The summed E-state index contributed by atoms with van der Waals surface area (Å²) < 4.78 is 11.3. The molecule has 2 heterocycles. The van der Waals surface area contributed by atoms with Crippen molar-refractivity contribution in [3.05, 3.63) is 54.8 Å². The molecule has 1 unspecified atom stereocenters. The smallest absolute Gasteiger partial charge is 0.342 e. The number of nitrogens with zero attached hydrogens (tertiary/aromatic N) is 4. The fraction of sp³-hybridized carbons (Fsp3) is 0.471. The van der Waals surface area contributed by atoms with Crippen LogP contribution in [0.15, 0.2) is 28.7 Å². The van der Waals surface area contributed by atoms with Gasteiger partial charge in [-0.3, -0.25) is 0 Å². The maximum atomic E-state index is 12.8. The van der Waals surface area contributed by atoms with Gasteiger partial charge in [0.05, 0.1) is 24.8 Å². The lowest BCUT2D eigenvalue weighted by atomic mass is 9.84. The zero-order valence-electron chi connectivity index (χ0n) is 17.2. The summed E-state index contributed by atoms with van der Waals surface area (Å²) in [6.45, 7) is 3.89. The van der Waals surface area contributed by atoms with Crippen LogP contribution >= 0.6 is 0 Å². The minimum atomic E-state index is -1.14. The van der Waals surface area contributed by atoms with Crippen LogP contribution in [0, 0.1) is 20.2 Å². The van der Waals surface area contributed by atoms with E-state index in [1.54, 1.807) is 20.8 Å². The molecule has 1 atom stereocenters. The third-order valence-corrected chi connectivity index (χ3v) is 4.43. The molecule has 168 valence electrons. The minimum Gasteiger partial charge on any atom is -0.463 e. The monoisotopic (exact) mass is 439 g/mol. The van der Waals surface area contributed by atoms with E-state index in [2.05, 4.69) is 15.1 Å². The van der Waals surface area contributed by atoms with Gasteiger partial charge in [0, 0.05) is 11.4 Å². The molecule has 0 spiro atoms. The molecule has 0 aliphatic carbocycles. The van der Waals surface area contributed by atoms with Gasteiger partial charge in [-0.25, -0.2) is 19.1 Å². The maximum absolute atomic E-state index is 12.8. The van der Waals surface area contributed by atoms with E-state index in [0.29, 0.717) is 11.4 Å². The quantitative estimate of drug-likeness (QED) is 0.250. The minimum absolute atomic E-state index is 0.0320. The normalized spacial score (nSPS) is 15.9. The van der Waals surface area contributed by atoms with Crippen LogP contribution in [0.4, 0.5) is 5.82 Å². The molecule has 0 amide bonds. The maximum Gasteiger partial charge on any atom is 0.342 e. The summed E-state index contributed by atoms with van der Waals surface area (Å²) in [6, 6.07) is 0. The predicted octanol–water partition coefficient (Wildman–Crippen LogP) is 0.878. The molecule has 0 saturated carbocycles. The lowest BCUT2D eigenvalue weighted by molar-refractivity contribution is -0.757. The highest BCUT2D eigenvalue weighted by Crippen LogP contribution is 2.39. The summed E-state index contributed by atoms with van der Waals surface area (Å²) >= 11 is 0. The molecule has 14 nitrogen and oxygen atoms in total. The first-order valence-electron chi connectivity index (χ1n) is 9.06. The number of carbonyl (C=O) groups is 2. The molecular formula is C17H21N5O9. The fourth-order valence-electron chi connectivity index (χ4n) is 3.18. The largest absolute Gasteiger partial charge is 0.463 e. The van der Waals surface area contributed by atoms with Crippen LogP contribution in [0.1, 0.15) is 32.5 Å². The third-order valence-electron chi connectivity index (χ3n) is 4.43. The molecule has 1 aliphatic rings. The van der Waals surface area contributed by atoms with E-state index in [-0.39, 0.29) is 29.4 Å². The van der Waals surface area contributed by atoms with E-state index in [0.717, 1.165) is 10.8 Å². The zero-order chi connectivity index (χ0) is 23.3. The summed E-state index contributed by atoms with van der Waals surface area (Å²) in [5.74, 6) is -3.08. The van der Waals surface area contributed by atoms with Crippen molar-refractivity contribution < 1.29 is 33.9 Å². The Morgan fingerprint density at radius 3 is 2.19 bits per heavy atom. The van der Waals surface area contributed by atoms with Crippen LogP contribution in [0.2, 0.25) is 0 Å². The second-order valence-corrected chi connectivity index (χ2v) is 6.34. The second-order valence-electron chi connectivity index (χ2n) is 6.34. The van der Waals surface area contributed by atoms with Gasteiger partial charge in [0.15, 0.2) is 0 Å². The Hall–Kier alpha value is -3.97. The summed E-state index contributed by atoms with van der Waals surface area (Å²) in [5.41, 5.74) is 0.684. The number of hydrogen-bond acceptors (Lipinski definition) is 11. The number of esters is 2. The van der Waals surface area contributed by atoms with Crippen LogP contribution in [0.5, 0.6) is 0 Å². The number of carbonyl (C=O) groups excluding carboxylic acids is 2. The third kappa shape index (κ3) is 4.96. The van der Waals surface area contributed by atoms with Gasteiger partial charge in [-0.15, -0.1) is 10.1 Å². The first-order valence-corrected chi connectivity index (χ1v) is 9.06. The Balaban J connectivity index is 2.52. The van der Waals surface area contributed by atoms with E-state index in [1.165, 1.54) is 7.05 Å². The molecule has 1 N–H and O–H groups in total. The number of dihydropyridines is 1. The number of nitrogens with one attached hydrogen (secondary N) is 1. The standard InChI is InChI=1S/C17H21N5O9/c1-5-29-16(23)12-9(2)19-10(3)13(17(24)30-6-7-31-22(27)28)14(12)15-18-8-11(20(15)4)21(25)26/h8,14,19H,5-7H2,1-4H3. The van der Waals surface area contributed by atoms with E-state index in [4.69, 9.17) is 9.47 Å². The van der Waals surface area contributed by atoms with Gasteiger partial charge in [-0.05, 0) is 25.7 Å². The van der Waals surface area contributed by atoms with Crippen molar-refractivity contribution in [3.8, 4) is 0 Å². The van der Waals surface area contributed by atoms with Crippen molar-refractivity contribution in [2.45, 2.75) is 26.7 Å². The molecule has 2 rings (SSSR count). The van der Waals surface area contributed by atoms with E-state index in [9.17, 15) is 29.8 Å². The Morgan fingerprint density at radius 2 is 1.71 bits per heavy atom. The summed E-state index contributed by atoms with van der Waals surface area (Å²) in [4.78, 5) is 54.6. The number of hydrogen-bond donors (Lipinski definition) is 1. The highest BCUT2D eigenvalue weighted by molar-refractivity contribution is 5.99. The molecule has 0 radical (unpaired) electrons. The fourth-order valence-corrected chi connectivity index (χ4v) is 3.18. The van der Waals surface area contributed by atoms with Crippen molar-refractivity contribution in [2.75, 3.05) is 19.8 Å². The Kier molecular flexibility index (Phi) is 7.28. The molecule has 0 saturated heterocycles. The number of rotatable bonds is 9. The first-order chi connectivity index (χ1) is 14.6. The average Bonchev–Trinajstić information content (AvgIpc) is 3.05. The van der Waals surface area contributed by atoms with Gasteiger partial charge in [-0.1, -0.05) is 0 Å². The first kappa shape index (κ1) is 23.3. The van der Waals surface area contributed by atoms with E-state index >= 15 is 0 Å². The molecule has 31 heavy (non-hydrogen) atoms. The van der Waals surface area contributed by atoms with Crippen molar-refractivity contribution in [3.63, 3.8) is 0 Å².